The van der Waals surface area contributed by atoms with Gasteiger partial charge in [0.1, 0.15) is 0 Å². The lowest BCUT2D eigenvalue weighted by molar-refractivity contribution is -0.120. The van der Waals surface area contributed by atoms with Crippen LogP contribution in [0.1, 0.15) is 46.3 Å². The molecule has 142 valence electrons. The molecule has 0 radical (unpaired) electrons. The molecule has 1 N–H and O–H groups in total. The zero-order valence-electron chi connectivity index (χ0n) is 15.7. The van der Waals surface area contributed by atoms with Crippen LogP contribution >= 0.6 is 11.3 Å². The Morgan fingerprint density at radius 3 is 2.59 bits per heavy atom. The summed E-state index contributed by atoms with van der Waals surface area (Å²) in [5, 5.41) is 3.02. The molecular formula is C22H26N2O2S. The summed E-state index contributed by atoms with van der Waals surface area (Å²) in [7, 11) is 0. The lowest BCUT2D eigenvalue weighted by atomic mass is 9.87. The Bertz CT molecular complexity index is 822. The first-order valence-electron chi connectivity index (χ1n) is 9.87. The van der Waals surface area contributed by atoms with Crippen LogP contribution in [0.4, 0.5) is 5.69 Å². The zero-order chi connectivity index (χ0) is 18.8. The number of nitrogens with one attached hydrogen (secondary N) is 1. The van der Waals surface area contributed by atoms with E-state index in [0.717, 1.165) is 61.7 Å². The maximum absolute atomic E-state index is 12.8. The number of carbonyl (C=O) groups excluding carboxylic acids is 2. The molecule has 2 heterocycles. The van der Waals surface area contributed by atoms with Crippen molar-refractivity contribution in [2.45, 2.75) is 39.0 Å². The topological polar surface area (TPSA) is 49.4 Å². The van der Waals surface area contributed by atoms with Gasteiger partial charge in [0.15, 0.2) is 0 Å². The number of hydrogen-bond acceptors (Lipinski definition) is 3. The predicted molar refractivity (Wildman–Crippen MR) is 109 cm³/mol. The van der Waals surface area contributed by atoms with Crippen LogP contribution in [-0.4, -0.2) is 29.8 Å². The van der Waals surface area contributed by atoms with Crippen molar-refractivity contribution in [2.75, 3.05) is 18.4 Å². The minimum atomic E-state index is -0.0221. The summed E-state index contributed by atoms with van der Waals surface area (Å²) in [6, 6.07) is 11.6. The van der Waals surface area contributed by atoms with Crippen LogP contribution in [-0.2, 0) is 17.6 Å². The Morgan fingerprint density at radius 2 is 1.85 bits per heavy atom. The number of hydrogen-bond donors (Lipinski definition) is 1. The fourth-order valence-electron chi connectivity index (χ4n) is 3.99. The molecule has 0 unspecified atom stereocenters. The molecule has 27 heavy (non-hydrogen) atoms. The highest BCUT2D eigenvalue weighted by Gasteiger charge is 2.29. The molecule has 1 aromatic heterocycles. The molecular weight excluding hydrogens is 356 g/mol. The maximum atomic E-state index is 12.8. The lowest BCUT2D eigenvalue weighted by Gasteiger charge is -2.29. The minimum Gasteiger partial charge on any atom is -0.338 e. The third kappa shape index (κ3) is 4.08. The van der Waals surface area contributed by atoms with E-state index in [2.05, 4.69) is 12.2 Å². The maximum Gasteiger partial charge on any atom is 0.263 e. The van der Waals surface area contributed by atoms with Gasteiger partial charge in [-0.1, -0.05) is 25.1 Å². The number of fused-ring (bicyclic) bond motifs is 1. The SMILES string of the molecule is CC1CCN(C(=O)c2cc3c(s2)CC[C@H](C(=O)Nc2ccccc2)C3)CC1. The number of para-hydroxylation sites is 1. The van der Waals surface area contributed by atoms with Gasteiger partial charge in [-0.05, 0) is 61.8 Å². The Labute approximate surface area is 164 Å². The number of thiophene rings is 1. The second kappa shape index (κ2) is 7.85. The quantitative estimate of drug-likeness (QED) is 0.857. The molecule has 4 rings (SSSR count). The third-order valence-electron chi connectivity index (χ3n) is 5.78. The predicted octanol–water partition coefficient (Wildman–Crippen LogP) is 4.36. The second-order valence-electron chi connectivity index (χ2n) is 7.83. The zero-order valence-corrected chi connectivity index (χ0v) is 16.6. The molecule has 1 saturated heterocycles. The molecule has 0 bridgehead atoms. The number of rotatable bonds is 3. The second-order valence-corrected chi connectivity index (χ2v) is 8.97. The summed E-state index contributed by atoms with van der Waals surface area (Å²) in [5.41, 5.74) is 2.03. The molecule has 1 aliphatic heterocycles. The van der Waals surface area contributed by atoms with Crippen molar-refractivity contribution in [1.82, 2.24) is 4.90 Å². The minimum absolute atomic E-state index is 0.0221. The summed E-state index contributed by atoms with van der Waals surface area (Å²) in [6.45, 7) is 3.99. The van der Waals surface area contributed by atoms with Crippen molar-refractivity contribution in [3.8, 4) is 0 Å². The van der Waals surface area contributed by atoms with Crippen molar-refractivity contribution >= 4 is 28.8 Å². The highest BCUT2D eigenvalue weighted by atomic mass is 32.1. The van der Waals surface area contributed by atoms with Crippen LogP contribution in [0.5, 0.6) is 0 Å². The van der Waals surface area contributed by atoms with Gasteiger partial charge in [0, 0.05) is 29.6 Å². The molecule has 1 aliphatic carbocycles. The summed E-state index contributed by atoms with van der Waals surface area (Å²) < 4.78 is 0. The molecule has 1 fully saturated rings. The number of benzene rings is 1. The van der Waals surface area contributed by atoms with Crippen molar-refractivity contribution in [3.63, 3.8) is 0 Å². The third-order valence-corrected chi connectivity index (χ3v) is 7.00. The molecule has 1 atom stereocenters. The van der Waals surface area contributed by atoms with E-state index in [0.29, 0.717) is 0 Å². The summed E-state index contributed by atoms with van der Waals surface area (Å²) in [6.07, 6.45) is 4.66. The van der Waals surface area contributed by atoms with Gasteiger partial charge in [0.05, 0.1) is 4.88 Å². The molecule has 2 aromatic rings. The van der Waals surface area contributed by atoms with Gasteiger partial charge < -0.3 is 10.2 Å². The van der Waals surface area contributed by atoms with E-state index in [1.165, 1.54) is 10.4 Å². The van der Waals surface area contributed by atoms with Gasteiger partial charge in [0.25, 0.3) is 5.91 Å². The number of piperidine rings is 1. The summed E-state index contributed by atoms with van der Waals surface area (Å²) in [4.78, 5) is 29.6. The molecule has 0 saturated carbocycles. The Kier molecular flexibility index (Phi) is 5.30. The molecule has 0 spiro atoms. The monoisotopic (exact) mass is 382 g/mol. The average molecular weight is 383 g/mol. The van der Waals surface area contributed by atoms with Crippen molar-refractivity contribution in [3.05, 3.63) is 51.7 Å². The highest BCUT2D eigenvalue weighted by molar-refractivity contribution is 7.14. The van der Waals surface area contributed by atoms with Crippen LogP contribution in [0.2, 0.25) is 0 Å². The van der Waals surface area contributed by atoms with Crippen molar-refractivity contribution in [2.24, 2.45) is 11.8 Å². The fraction of sp³-hybridized carbons (Fsp3) is 0.455. The number of aryl methyl sites for hydroxylation is 1. The molecule has 5 heteroatoms. The van der Waals surface area contributed by atoms with Crippen LogP contribution < -0.4 is 5.32 Å². The van der Waals surface area contributed by atoms with Gasteiger partial charge in [-0.3, -0.25) is 9.59 Å². The first-order chi connectivity index (χ1) is 13.1. The van der Waals surface area contributed by atoms with Crippen molar-refractivity contribution < 1.29 is 9.59 Å². The van der Waals surface area contributed by atoms with E-state index in [1.54, 1.807) is 11.3 Å². The summed E-state index contributed by atoms with van der Waals surface area (Å²) >= 11 is 1.63. The van der Waals surface area contributed by atoms with Gasteiger partial charge in [-0.2, -0.15) is 0 Å². The van der Waals surface area contributed by atoms with Gasteiger partial charge in [0.2, 0.25) is 5.91 Å². The first kappa shape index (κ1) is 18.2. The Hall–Kier alpha value is -2.14. The van der Waals surface area contributed by atoms with Crippen LogP contribution in [0.15, 0.2) is 36.4 Å². The van der Waals surface area contributed by atoms with Gasteiger partial charge in [-0.25, -0.2) is 0 Å². The summed E-state index contributed by atoms with van der Waals surface area (Å²) in [5.74, 6) is 0.947. The standard InChI is InChI=1S/C22H26N2O2S/c1-15-9-11-24(12-10-15)22(26)20-14-17-13-16(7-8-19(17)27-20)21(25)23-18-5-3-2-4-6-18/h2-6,14-16H,7-13H2,1H3,(H,23,25)/t16-/m0/s1. The van der Waals surface area contributed by atoms with E-state index >= 15 is 0 Å². The molecule has 1 aromatic carbocycles. The fourth-order valence-corrected chi connectivity index (χ4v) is 5.16. The molecule has 2 aliphatic rings. The Balaban J connectivity index is 1.41. The number of likely N-dealkylation sites (tertiary alicyclic amines) is 1. The highest BCUT2D eigenvalue weighted by Crippen LogP contribution is 2.34. The van der Waals surface area contributed by atoms with Crippen LogP contribution in [0.25, 0.3) is 0 Å². The van der Waals surface area contributed by atoms with Crippen molar-refractivity contribution in [1.29, 1.82) is 0 Å². The van der Waals surface area contributed by atoms with Gasteiger partial charge >= 0.3 is 0 Å². The van der Waals surface area contributed by atoms with E-state index in [1.807, 2.05) is 41.3 Å². The molecule has 4 nitrogen and oxygen atoms in total. The number of amides is 2. The lowest BCUT2D eigenvalue weighted by Crippen LogP contribution is -2.37. The van der Waals surface area contributed by atoms with E-state index in [9.17, 15) is 9.59 Å². The normalized spacial score (nSPS) is 20.2. The smallest absolute Gasteiger partial charge is 0.263 e. The number of anilines is 1. The van der Waals surface area contributed by atoms with E-state index in [4.69, 9.17) is 0 Å². The van der Waals surface area contributed by atoms with Crippen LogP contribution in [0, 0.1) is 11.8 Å². The largest absolute Gasteiger partial charge is 0.338 e. The van der Waals surface area contributed by atoms with Gasteiger partial charge in [-0.15, -0.1) is 11.3 Å². The first-order valence-corrected chi connectivity index (χ1v) is 10.7. The Morgan fingerprint density at radius 1 is 1.11 bits per heavy atom. The number of nitrogens with zero attached hydrogens (tertiary/aromatic N) is 1. The number of carbonyl (C=O) groups is 2. The average Bonchev–Trinajstić information content (AvgIpc) is 3.12. The van der Waals surface area contributed by atoms with Crippen LogP contribution in [0.3, 0.4) is 0 Å². The van der Waals surface area contributed by atoms with E-state index < -0.39 is 0 Å². The van der Waals surface area contributed by atoms with E-state index in [-0.39, 0.29) is 17.7 Å². The molecule has 2 amide bonds.